The Balaban J connectivity index is 1.43. The van der Waals surface area contributed by atoms with Crippen molar-refractivity contribution in [1.82, 2.24) is 35.1 Å². The number of H-pyrrole nitrogens is 1. The number of carbonyl (C=O) groups is 1. The molecule has 184 valence electrons. The average Bonchev–Trinajstić information content (AvgIpc) is 3.44. The average molecular weight is 492 g/mol. The van der Waals surface area contributed by atoms with E-state index in [9.17, 15) is 4.79 Å². The highest BCUT2D eigenvalue weighted by atomic mass is 32.2. The van der Waals surface area contributed by atoms with E-state index in [-0.39, 0.29) is 11.2 Å². The molecule has 1 saturated carbocycles. The largest absolute Gasteiger partial charge is 0.352 e. The Morgan fingerprint density at radius 1 is 1.17 bits per heavy atom. The first-order chi connectivity index (χ1) is 17.0. The Kier molecular flexibility index (Phi) is 7.04. The highest BCUT2D eigenvalue weighted by Gasteiger charge is 2.25. The topological polar surface area (TPSA) is 101 Å². The zero-order chi connectivity index (χ0) is 24.4. The van der Waals surface area contributed by atoms with Crippen LogP contribution in [0.1, 0.15) is 68.2 Å². The van der Waals surface area contributed by atoms with Crippen molar-refractivity contribution in [3.63, 3.8) is 0 Å². The number of hydrogen-bond donors (Lipinski definition) is 2. The van der Waals surface area contributed by atoms with Crippen LogP contribution in [-0.2, 0) is 17.6 Å². The highest BCUT2D eigenvalue weighted by Crippen LogP contribution is 2.29. The zero-order valence-corrected chi connectivity index (χ0v) is 21.5. The maximum Gasteiger partial charge on any atom is 0.233 e. The third kappa shape index (κ3) is 5.05. The van der Waals surface area contributed by atoms with Crippen molar-refractivity contribution in [2.45, 2.75) is 88.6 Å². The number of para-hydroxylation sites is 1. The fraction of sp³-hybridized carbons (Fsp3) is 0.500. The molecule has 8 nitrogen and oxygen atoms in total. The van der Waals surface area contributed by atoms with Crippen molar-refractivity contribution < 1.29 is 4.79 Å². The van der Waals surface area contributed by atoms with Gasteiger partial charge in [-0.1, -0.05) is 50.1 Å². The molecule has 1 aromatic carbocycles. The van der Waals surface area contributed by atoms with E-state index in [4.69, 9.17) is 15.1 Å². The number of carbonyl (C=O) groups excluding carboxylic acids is 1. The van der Waals surface area contributed by atoms with Crippen LogP contribution in [0.2, 0.25) is 0 Å². The van der Waals surface area contributed by atoms with Crippen molar-refractivity contribution in [1.29, 1.82) is 0 Å². The number of fused-ring (bicyclic) bond motifs is 3. The summed E-state index contributed by atoms with van der Waals surface area (Å²) in [5, 5.41) is 16.9. The first-order valence-electron chi connectivity index (χ1n) is 12.7. The van der Waals surface area contributed by atoms with Crippen LogP contribution in [0.4, 0.5) is 0 Å². The smallest absolute Gasteiger partial charge is 0.233 e. The monoisotopic (exact) mass is 491 g/mol. The van der Waals surface area contributed by atoms with E-state index in [2.05, 4.69) is 22.4 Å². The number of rotatable bonds is 8. The quantitative estimate of drug-likeness (QED) is 0.273. The summed E-state index contributed by atoms with van der Waals surface area (Å²) in [6.07, 6.45) is 8.07. The number of thioether (sulfide) groups is 1. The number of aromatic nitrogens is 6. The van der Waals surface area contributed by atoms with Crippen LogP contribution in [0.25, 0.3) is 16.6 Å². The second-order valence-corrected chi connectivity index (χ2v) is 10.6. The predicted octanol–water partition coefficient (Wildman–Crippen LogP) is 4.72. The van der Waals surface area contributed by atoms with E-state index < -0.39 is 0 Å². The van der Waals surface area contributed by atoms with Gasteiger partial charge in [-0.25, -0.2) is 9.97 Å². The molecule has 0 saturated heterocycles. The van der Waals surface area contributed by atoms with Gasteiger partial charge in [0.1, 0.15) is 0 Å². The van der Waals surface area contributed by atoms with E-state index in [0.717, 1.165) is 59.4 Å². The van der Waals surface area contributed by atoms with Crippen LogP contribution in [-0.4, -0.2) is 47.0 Å². The number of nitrogens with one attached hydrogen (secondary N) is 2. The second kappa shape index (κ2) is 10.4. The van der Waals surface area contributed by atoms with Crippen LogP contribution >= 0.6 is 11.8 Å². The molecule has 1 aliphatic rings. The van der Waals surface area contributed by atoms with Gasteiger partial charge < -0.3 is 5.32 Å². The van der Waals surface area contributed by atoms with Gasteiger partial charge in [0.2, 0.25) is 5.91 Å². The van der Waals surface area contributed by atoms with E-state index in [1.807, 2.05) is 42.6 Å². The summed E-state index contributed by atoms with van der Waals surface area (Å²) in [4.78, 5) is 22.9. The summed E-state index contributed by atoms with van der Waals surface area (Å²) in [6.45, 7) is 6.12. The van der Waals surface area contributed by atoms with Gasteiger partial charge in [0.15, 0.2) is 16.6 Å². The van der Waals surface area contributed by atoms with Crippen molar-refractivity contribution in [2.24, 2.45) is 0 Å². The Hall–Kier alpha value is -2.94. The lowest BCUT2D eigenvalue weighted by molar-refractivity contribution is -0.121. The molecular formula is C26H33N7OS. The fourth-order valence-electron chi connectivity index (χ4n) is 4.93. The molecule has 0 bridgehead atoms. The maximum atomic E-state index is 13.1. The van der Waals surface area contributed by atoms with Crippen molar-refractivity contribution in [3.8, 4) is 0 Å². The minimum atomic E-state index is -0.224. The minimum absolute atomic E-state index is 0.0961. The Bertz CT molecular complexity index is 1320. The van der Waals surface area contributed by atoms with Gasteiger partial charge in [-0.3, -0.25) is 9.89 Å². The van der Waals surface area contributed by atoms with Gasteiger partial charge in [0.25, 0.3) is 0 Å². The Labute approximate surface area is 209 Å². The molecule has 5 rings (SSSR count). The summed E-state index contributed by atoms with van der Waals surface area (Å²) in [7, 11) is 0. The fourth-order valence-corrected chi connectivity index (χ4v) is 5.90. The lowest BCUT2D eigenvalue weighted by Crippen LogP contribution is -2.41. The Morgan fingerprint density at radius 2 is 1.97 bits per heavy atom. The van der Waals surface area contributed by atoms with Gasteiger partial charge in [-0.15, -0.1) is 5.10 Å². The number of aromatic amines is 1. The molecule has 0 aliphatic heterocycles. The lowest BCUT2D eigenvalue weighted by atomic mass is 9.95. The van der Waals surface area contributed by atoms with Gasteiger partial charge in [0.05, 0.1) is 16.5 Å². The third-order valence-electron chi connectivity index (χ3n) is 6.94. The van der Waals surface area contributed by atoms with E-state index in [1.165, 1.54) is 36.6 Å². The van der Waals surface area contributed by atoms with Crippen molar-refractivity contribution in [3.05, 3.63) is 47.0 Å². The molecule has 1 amide bonds. The van der Waals surface area contributed by atoms with Crippen LogP contribution in [0.15, 0.2) is 29.4 Å². The molecule has 0 unspecified atom stereocenters. The van der Waals surface area contributed by atoms with Gasteiger partial charge in [-0.2, -0.15) is 9.61 Å². The Morgan fingerprint density at radius 3 is 2.71 bits per heavy atom. The number of benzene rings is 1. The molecule has 1 atom stereocenters. The second-order valence-electron chi connectivity index (χ2n) is 9.45. The maximum absolute atomic E-state index is 13.1. The molecule has 35 heavy (non-hydrogen) atoms. The summed E-state index contributed by atoms with van der Waals surface area (Å²) >= 11 is 1.49. The zero-order valence-electron chi connectivity index (χ0n) is 20.7. The number of aryl methyl sites for hydroxylation is 3. The minimum Gasteiger partial charge on any atom is -0.352 e. The number of hydrogen-bond acceptors (Lipinski definition) is 6. The van der Waals surface area contributed by atoms with Gasteiger partial charge in [-0.05, 0) is 57.2 Å². The molecule has 1 aliphatic carbocycles. The molecule has 0 radical (unpaired) electrons. The molecular weight excluding hydrogens is 458 g/mol. The summed E-state index contributed by atoms with van der Waals surface area (Å²) in [6, 6.07) is 8.30. The highest BCUT2D eigenvalue weighted by molar-refractivity contribution is 8.00. The molecule has 1 fully saturated rings. The SMILES string of the molecule is CC[C@H](Sc1nc2ccccc2c2nc(CCc3c(C)n[nH]c3C)nn12)C(=O)NC1CCCCC1. The summed E-state index contributed by atoms with van der Waals surface area (Å²) in [5.74, 6) is 0.864. The standard InChI is InChI=1S/C26H33N7OS/c1-4-22(25(34)27-18-10-6-5-7-11-18)35-26-28-21-13-9-8-12-20(21)24-29-23(32-33(24)26)15-14-19-16(2)30-31-17(19)3/h8-9,12-13,18,22H,4-7,10-11,14-15H2,1-3H3,(H,27,34)(H,30,31)/t22-/m0/s1. The van der Waals surface area contributed by atoms with Crippen LogP contribution in [0.3, 0.4) is 0 Å². The molecule has 9 heteroatoms. The van der Waals surface area contributed by atoms with Crippen molar-refractivity contribution >= 4 is 34.2 Å². The molecule has 3 heterocycles. The number of nitrogens with zero attached hydrogens (tertiary/aromatic N) is 5. The predicted molar refractivity (Wildman–Crippen MR) is 139 cm³/mol. The van der Waals surface area contributed by atoms with E-state index >= 15 is 0 Å². The normalized spacial score (nSPS) is 15.6. The third-order valence-corrected chi connectivity index (χ3v) is 8.24. The first-order valence-corrected chi connectivity index (χ1v) is 13.5. The van der Waals surface area contributed by atoms with Gasteiger partial charge in [0, 0.05) is 23.5 Å². The van der Waals surface area contributed by atoms with Gasteiger partial charge >= 0.3 is 0 Å². The lowest BCUT2D eigenvalue weighted by Gasteiger charge is -2.25. The summed E-state index contributed by atoms with van der Waals surface area (Å²) in [5.41, 5.74) is 4.97. The van der Waals surface area contributed by atoms with Crippen LogP contribution in [0.5, 0.6) is 0 Å². The van der Waals surface area contributed by atoms with Crippen LogP contribution < -0.4 is 5.32 Å². The number of amides is 1. The van der Waals surface area contributed by atoms with Crippen LogP contribution in [0, 0.1) is 13.8 Å². The first kappa shape index (κ1) is 23.8. The molecule has 0 spiro atoms. The van der Waals surface area contributed by atoms with E-state index in [0.29, 0.717) is 17.6 Å². The van der Waals surface area contributed by atoms with Crippen molar-refractivity contribution in [2.75, 3.05) is 0 Å². The van der Waals surface area contributed by atoms with E-state index in [1.54, 1.807) is 0 Å². The molecule has 3 aromatic heterocycles. The molecule has 2 N–H and O–H groups in total. The molecule has 4 aromatic rings. The summed E-state index contributed by atoms with van der Waals surface area (Å²) < 4.78 is 1.83.